The normalized spacial score (nSPS) is 12.6. The molecule has 0 aliphatic rings. The largest absolute Gasteiger partial charge is 3.00 e. The number of primary amides is 1. The first-order valence-electron chi connectivity index (χ1n) is 36.8. The number of hydrogen-bond donors (Lipinski definition) is 23. The molecule has 684 valence electrons. The van der Waals surface area contributed by atoms with Crippen molar-refractivity contribution in [2.24, 2.45) is 11.5 Å². The molecule has 0 saturated heterocycles. The average Bonchev–Trinajstić information content (AvgIpc) is 1.74. The molecule has 52 nitrogen and oxygen atoms in total. The summed E-state index contributed by atoms with van der Waals surface area (Å²) in [6.07, 6.45) is 3.26. The van der Waals surface area contributed by atoms with Crippen molar-refractivity contribution < 1.29 is 238 Å². The Bertz CT molecular complexity index is 3970. The number of nitrogens with zero attached hydrogens (tertiary/aromatic N) is 7. The van der Waals surface area contributed by atoms with Crippen LogP contribution in [0, 0.1) is 79.9 Å². The number of H-pyrrole nitrogens is 2. The molecule has 1 aromatic carbocycles. The zero-order chi connectivity index (χ0) is 89.0. The fraction of sp³-hybridized carbons (Fsp3) is 0.551. The number of fused-ring (bicyclic) bond motifs is 1. The summed E-state index contributed by atoms with van der Waals surface area (Å²) >= 11 is 0. The monoisotopic (exact) mass is 2040 g/mol. The maximum atomic E-state index is 15.2. The maximum Gasteiger partial charge on any atom is 3.00 e. The van der Waals surface area contributed by atoms with Gasteiger partial charge in [-0.05, 0) is 43.9 Å². The molecule has 1 unspecified atom stereocenters. The molecule has 3 aromatic rings. The van der Waals surface area contributed by atoms with Crippen LogP contribution in [0.4, 0.5) is 0 Å². The van der Waals surface area contributed by atoms with Crippen molar-refractivity contribution in [1.82, 2.24) is 92.2 Å². The van der Waals surface area contributed by atoms with E-state index in [-0.39, 0.29) is 117 Å². The number of rotatable bonds is 64. The van der Waals surface area contributed by atoms with E-state index >= 15 is 9.59 Å². The Balaban J connectivity index is 0. The summed E-state index contributed by atoms with van der Waals surface area (Å²) in [6, 6.07) is -6.37. The smallest absolute Gasteiger partial charge is 0.480 e. The first-order chi connectivity index (χ1) is 56.2. The van der Waals surface area contributed by atoms with Crippen LogP contribution in [0.15, 0.2) is 43.0 Å². The van der Waals surface area contributed by atoms with Crippen LogP contribution in [-0.4, -0.2) is 405 Å². The second-order valence-electron chi connectivity index (χ2n) is 27.1. The zero-order valence-corrected chi connectivity index (χ0v) is 71.0. The molecule has 0 spiro atoms. The van der Waals surface area contributed by atoms with Gasteiger partial charge in [0.2, 0.25) is 59.1 Å². The van der Waals surface area contributed by atoms with E-state index in [0.29, 0.717) is 57.8 Å². The van der Waals surface area contributed by atoms with Crippen LogP contribution in [0.3, 0.4) is 0 Å². The van der Waals surface area contributed by atoms with Crippen LogP contribution in [0.2, 0.25) is 0 Å². The van der Waals surface area contributed by atoms with Gasteiger partial charge in [-0.15, -0.1) is 0 Å². The number of nitrogens with one attached hydrogen (secondary N) is 11. The number of imidazole rings is 1. The van der Waals surface area contributed by atoms with E-state index in [9.17, 15) is 137 Å². The number of aromatic nitrogens is 3. The first kappa shape index (κ1) is 115. The van der Waals surface area contributed by atoms with Crippen LogP contribution < -0.4 is 59.3 Å². The van der Waals surface area contributed by atoms with E-state index in [4.69, 9.17) is 11.5 Å². The van der Waals surface area contributed by atoms with Gasteiger partial charge in [-0.2, -0.15) is 0 Å². The van der Waals surface area contributed by atoms with Gasteiger partial charge in [-0.3, -0.25) is 125 Å². The minimum Gasteiger partial charge on any atom is -0.480 e. The quantitative estimate of drug-likeness (QED) is 0.0233. The number of aliphatic carboxylic acids is 10. The molecular weight excluding hydrogens is 1940 g/mol. The van der Waals surface area contributed by atoms with E-state index in [1.807, 2.05) is 0 Å². The third kappa shape index (κ3) is 47.2. The molecule has 0 saturated carbocycles. The number of carbonyl (C=O) groups excluding carboxylic acids is 10. The van der Waals surface area contributed by atoms with Gasteiger partial charge < -0.3 is 131 Å². The fourth-order valence-corrected chi connectivity index (χ4v) is 12.0. The Morgan fingerprint density at radius 1 is 0.431 bits per heavy atom. The molecule has 2 aromatic heterocycles. The molecule has 0 bridgehead atoms. The van der Waals surface area contributed by atoms with E-state index in [2.05, 4.69) is 62.8 Å². The van der Waals surface area contributed by atoms with Crippen molar-refractivity contribution >= 4 is 130 Å². The van der Waals surface area contributed by atoms with Crippen LogP contribution in [0.1, 0.15) is 62.6 Å². The third-order valence-corrected chi connectivity index (χ3v) is 17.5. The van der Waals surface area contributed by atoms with Gasteiger partial charge in [-0.1, -0.05) is 31.0 Å². The second-order valence-corrected chi connectivity index (χ2v) is 27.1. The molecule has 123 heavy (non-hydrogen) atoms. The molecule has 3 rings (SSSR count). The molecule has 0 aliphatic carbocycles. The van der Waals surface area contributed by atoms with Gasteiger partial charge in [0, 0.05) is 114 Å². The number of carboxylic acid groups (broad SMARTS) is 10. The van der Waals surface area contributed by atoms with Crippen molar-refractivity contribution in [2.75, 3.05) is 138 Å². The summed E-state index contributed by atoms with van der Waals surface area (Å²) in [4.78, 5) is 276. The Hall–Kier alpha value is -10.3. The van der Waals surface area contributed by atoms with Crippen molar-refractivity contribution in [3.05, 3.63) is 54.2 Å². The van der Waals surface area contributed by atoms with Crippen molar-refractivity contribution in [3.8, 4) is 0 Å². The SMILES string of the molecule is CNC(=O)[C@H](Cc1cnc[nH]1)NC(=O)[C@H](Cc1c[nH]c2ccccc12)NC(=O)[C@H](CCC(N)=O)NC(=O)CNC(=O)CC[C@@H](NC(=O)C(CNC(=O)[C@@H](CN(CCN(CC(=O)O)CC(=O)O)CC(=O)O)N(CC(=O)O)CC(=O)O)NC(=O)[C@@H](CN(CCN(CC(=O)O)CC(=O)O)CC(=O)O)N(CC(=O)O)CC(=O)O)C(=O)NCCCCCCN.O.O.[Gd+3].[Gd+3]. The Labute approximate surface area is 764 Å². The maximum absolute atomic E-state index is 15.2. The third-order valence-electron chi connectivity index (χ3n) is 17.5. The van der Waals surface area contributed by atoms with E-state index < -0.39 is 305 Å². The first-order valence-corrected chi connectivity index (χ1v) is 36.8. The Morgan fingerprint density at radius 2 is 0.846 bits per heavy atom. The van der Waals surface area contributed by atoms with Crippen LogP contribution in [0.5, 0.6) is 0 Å². The molecule has 10 amide bonds. The van der Waals surface area contributed by atoms with Crippen molar-refractivity contribution in [3.63, 3.8) is 0 Å². The number of carboxylic acids is 10. The molecule has 29 N–H and O–H groups in total. The molecular formula is C69H106Gd2N20O32+6. The average molecular weight is 2040 g/mol. The van der Waals surface area contributed by atoms with Gasteiger partial charge in [0.15, 0.2) is 0 Å². The summed E-state index contributed by atoms with van der Waals surface area (Å²) in [5.74, 6) is -28.5. The summed E-state index contributed by atoms with van der Waals surface area (Å²) in [7, 11) is 1.32. The van der Waals surface area contributed by atoms with Crippen LogP contribution in [-0.2, 0) is 109 Å². The zero-order valence-electron chi connectivity index (χ0n) is 66.4. The summed E-state index contributed by atoms with van der Waals surface area (Å²) in [6.45, 7) is -18.4. The number of likely N-dealkylation sites (N-methyl/N-ethyl adjacent to an activating group) is 1. The molecule has 0 aliphatic heterocycles. The number of carbonyl (C=O) groups is 20. The number of amides is 10. The fourth-order valence-electron chi connectivity index (χ4n) is 12.0. The minimum atomic E-state index is -2.43. The molecule has 2 radical (unpaired) electrons. The Morgan fingerprint density at radius 3 is 1.31 bits per heavy atom. The predicted octanol–water partition coefficient (Wildman–Crippen LogP) is -11.5. The summed E-state index contributed by atoms with van der Waals surface area (Å²) < 4.78 is 0. The van der Waals surface area contributed by atoms with E-state index in [1.54, 1.807) is 30.5 Å². The molecule has 54 heteroatoms. The predicted molar refractivity (Wildman–Crippen MR) is 412 cm³/mol. The minimum absolute atomic E-state index is 0. The van der Waals surface area contributed by atoms with E-state index in [1.165, 1.54) is 19.6 Å². The molecule has 0 fully saturated rings. The summed E-state index contributed by atoms with van der Waals surface area (Å²) in [5, 5.41) is 120. The molecule has 2 heterocycles. The summed E-state index contributed by atoms with van der Waals surface area (Å²) in [5.41, 5.74) is 12.7. The van der Waals surface area contributed by atoms with Crippen LogP contribution >= 0.6 is 0 Å². The molecule has 7 atom stereocenters. The number of unbranched alkanes of at least 4 members (excludes halogenated alkanes) is 3. The van der Waals surface area contributed by atoms with Gasteiger partial charge in [0.05, 0.1) is 78.3 Å². The number of benzene rings is 1. The number of hydrogen-bond acceptors (Lipinski definition) is 28. The second kappa shape index (κ2) is 61.0. The number of aromatic amines is 2. The van der Waals surface area contributed by atoms with Crippen LogP contribution in [0.25, 0.3) is 10.9 Å². The van der Waals surface area contributed by atoms with Gasteiger partial charge in [0.1, 0.15) is 42.3 Å². The number of para-hydroxylation sites is 1. The topological polar surface area (TPSA) is 831 Å². The van der Waals surface area contributed by atoms with E-state index in [0.717, 1.165) is 19.6 Å². The van der Waals surface area contributed by atoms with Gasteiger partial charge in [-0.25, -0.2) is 4.98 Å². The van der Waals surface area contributed by atoms with Crippen molar-refractivity contribution in [1.29, 1.82) is 0 Å². The van der Waals surface area contributed by atoms with Gasteiger partial charge in [0.25, 0.3) is 0 Å². The standard InChI is InChI=1S/C69H102N20O30.2Gd.2H2O/c1-72-63(113)46(21-40-23-73-38-78-40)82-66(116)45(20-39-22-75-42-9-5-4-8-41(39)42)81-65(115)44(10-12-50(71)90)79-52(92)25-76-51(91)13-11-43(64(114)74-15-7-3-2-6-14-70)80-67(117)47(83-69(119)49(89(36-61(109)110)37-62(111)112)27-85(29-54(95)96)17-19-87(32-57(101)102)33-58(103)104)24-77-68(118)48(88(34-59(105)106)35-60(107)108)26-84(28-53(93)94)16-18-86(30-55(97)98)31-56(99)100;;;;/h4-5,8-9,22-23,38,43-49,75H,2-3,6-7,10-21,24-37,70H2,1H3,(H2,71,90)(H,72,113)(H,73,78)(H,74,114)(H,76,91)(H,77,118)(H,79,92)(H,80,117)(H,81,115)(H,82,116)(H,83,119)(H,93,94)(H,95,96)(H,97,98)(H,99,100)(H,101,102)(H,103,104)(H,105,106)(H,107,108)(H,109,110)(H,111,112);;;2*1H2/q;2*+3;;/t43-,44+,45+,46+,47?,48-,49-;;;;/m1..../s1. The Kier molecular flexibility index (Phi) is 56.9. The number of nitrogens with two attached hydrogens (primary N) is 2. The van der Waals surface area contributed by atoms with Crippen molar-refractivity contribution in [2.45, 2.75) is 107 Å². The van der Waals surface area contributed by atoms with Gasteiger partial charge >= 0.3 is 140 Å².